The Balaban J connectivity index is 1.45. The minimum Gasteiger partial charge on any atom is -0.377 e. The van der Waals surface area contributed by atoms with E-state index in [1.807, 2.05) is 18.9 Å². The fourth-order valence-corrected chi connectivity index (χ4v) is 4.17. The van der Waals surface area contributed by atoms with Crippen molar-refractivity contribution in [3.63, 3.8) is 0 Å². The third-order valence-corrected chi connectivity index (χ3v) is 6.09. The first-order chi connectivity index (χ1) is 14.6. The van der Waals surface area contributed by atoms with Crippen LogP contribution in [0.5, 0.6) is 0 Å². The number of benzene rings is 1. The van der Waals surface area contributed by atoms with E-state index in [-0.39, 0.29) is 11.9 Å². The number of guanidine groups is 1. The summed E-state index contributed by atoms with van der Waals surface area (Å²) < 4.78 is 5.45. The third-order valence-electron chi connectivity index (χ3n) is 6.09. The fraction of sp³-hybridized carbons (Fsp3) is 0.652. The molecule has 0 aliphatic carbocycles. The lowest BCUT2D eigenvalue weighted by Gasteiger charge is -2.39. The number of carbonyl (C=O) groups excluding carboxylic acids is 1. The maximum atomic E-state index is 12.7. The van der Waals surface area contributed by atoms with Crippen LogP contribution in [0, 0.1) is 0 Å². The summed E-state index contributed by atoms with van der Waals surface area (Å²) in [5, 5.41) is 3.48. The Bertz CT molecular complexity index is 692. The van der Waals surface area contributed by atoms with Crippen LogP contribution < -0.4 is 5.32 Å². The minimum absolute atomic E-state index is 0.0320. The van der Waals surface area contributed by atoms with Gasteiger partial charge in [0.2, 0.25) is 5.91 Å². The van der Waals surface area contributed by atoms with Crippen molar-refractivity contribution < 1.29 is 9.53 Å². The second-order valence-electron chi connectivity index (χ2n) is 8.09. The monoisotopic (exact) mass is 415 g/mol. The number of hydrogen-bond acceptors (Lipinski definition) is 4. The summed E-state index contributed by atoms with van der Waals surface area (Å²) in [6, 6.07) is 8.48. The molecule has 166 valence electrons. The molecule has 0 radical (unpaired) electrons. The number of ether oxygens (including phenoxy) is 1. The van der Waals surface area contributed by atoms with E-state index in [0.29, 0.717) is 6.61 Å². The van der Waals surface area contributed by atoms with Gasteiger partial charge in [-0.3, -0.25) is 14.7 Å². The van der Waals surface area contributed by atoms with Crippen LogP contribution in [0.1, 0.15) is 37.8 Å². The van der Waals surface area contributed by atoms with Gasteiger partial charge in [-0.25, -0.2) is 0 Å². The van der Waals surface area contributed by atoms with Crippen LogP contribution in [-0.4, -0.2) is 85.5 Å². The standard InChI is InChI=1S/C23H37N5O2/c1-4-30-18-21-9-7-20(8-10-21)17-25-23(24-3)28-15-13-26(14-16-28)19(2)22(29)27-11-5-6-12-27/h7-10,19H,4-6,11-18H2,1-3H3,(H,24,25). The van der Waals surface area contributed by atoms with E-state index in [1.165, 1.54) is 11.1 Å². The zero-order chi connectivity index (χ0) is 21.3. The van der Waals surface area contributed by atoms with E-state index in [1.54, 1.807) is 0 Å². The molecule has 2 fully saturated rings. The smallest absolute Gasteiger partial charge is 0.239 e. The average Bonchev–Trinajstić information content (AvgIpc) is 3.33. The number of piperazine rings is 1. The van der Waals surface area contributed by atoms with Gasteiger partial charge in [-0.15, -0.1) is 0 Å². The first-order valence-corrected chi connectivity index (χ1v) is 11.3. The minimum atomic E-state index is -0.0320. The molecule has 1 aromatic carbocycles. The maximum absolute atomic E-state index is 12.7. The zero-order valence-electron chi connectivity index (χ0n) is 18.8. The Morgan fingerprint density at radius 3 is 2.27 bits per heavy atom. The second kappa shape index (κ2) is 11.3. The van der Waals surface area contributed by atoms with Crippen LogP contribution in [0.3, 0.4) is 0 Å². The number of amides is 1. The van der Waals surface area contributed by atoms with Crippen molar-refractivity contribution in [2.24, 2.45) is 4.99 Å². The van der Waals surface area contributed by atoms with E-state index in [0.717, 1.165) is 71.2 Å². The summed E-state index contributed by atoms with van der Waals surface area (Å²) in [6.07, 6.45) is 2.28. The van der Waals surface area contributed by atoms with Crippen molar-refractivity contribution in [2.75, 3.05) is 52.9 Å². The van der Waals surface area contributed by atoms with E-state index in [4.69, 9.17) is 4.74 Å². The molecule has 1 aromatic rings. The van der Waals surface area contributed by atoms with Gasteiger partial charge in [-0.05, 0) is 37.8 Å². The summed E-state index contributed by atoms with van der Waals surface area (Å²) in [4.78, 5) is 23.8. The zero-order valence-corrected chi connectivity index (χ0v) is 18.8. The van der Waals surface area contributed by atoms with Gasteiger partial charge in [0.05, 0.1) is 12.6 Å². The highest BCUT2D eigenvalue weighted by Crippen LogP contribution is 2.14. The molecule has 2 aliphatic heterocycles. The normalized spacial score (nSPS) is 19.2. The van der Waals surface area contributed by atoms with E-state index in [2.05, 4.69) is 51.3 Å². The number of aliphatic imine (C=N–C) groups is 1. The fourth-order valence-electron chi connectivity index (χ4n) is 4.17. The molecule has 0 saturated carbocycles. The third kappa shape index (κ3) is 5.95. The summed E-state index contributed by atoms with van der Waals surface area (Å²) in [7, 11) is 1.83. The Morgan fingerprint density at radius 1 is 1.03 bits per heavy atom. The molecule has 7 heteroatoms. The molecular formula is C23H37N5O2. The van der Waals surface area contributed by atoms with Gasteiger partial charge >= 0.3 is 0 Å². The Hall–Kier alpha value is -2.12. The van der Waals surface area contributed by atoms with Gasteiger partial charge in [0.25, 0.3) is 0 Å². The van der Waals surface area contributed by atoms with Crippen LogP contribution in [0.15, 0.2) is 29.3 Å². The van der Waals surface area contributed by atoms with Crippen molar-refractivity contribution in [1.82, 2.24) is 20.0 Å². The highest BCUT2D eigenvalue weighted by molar-refractivity contribution is 5.82. The maximum Gasteiger partial charge on any atom is 0.239 e. The van der Waals surface area contributed by atoms with Crippen molar-refractivity contribution in [3.8, 4) is 0 Å². The van der Waals surface area contributed by atoms with Crippen LogP contribution >= 0.6 is 0 Å². The van der Waals surface area contributed by atoms with E-state index >= 15 is 0 Å². The molecule has 0 aromatic heterocycles. The molecule has 1 unspecified atom stereocenters. The molecule has 2 aliphatic rings. The molecule has 2 saturated heterocycles. The van der Waals surface area contributed by atoms with E-state index < -0.39 is 0 Å². The van der Waals surface area contributed by atoms with Crippen molar-refractivity contribution in [2.45, 2.75) is 45.9 Å². The quantitative estimate of drug-likeness (QED) is 0.545. The predicted octanol–water partition coefficient (Wildman–Crippen LogP) is 1.93. The Labute approximate surface area is 181 Å². The molecule has 3 rings (SSSR count). The number of carbonyl (C=O) groups is 1. The van der Waals surface area contributed by atoms with Crippen molar-refractivity contribution in [1.29, 1.82) is 0 Å². The van der Waals surface area contributed by atoms with Gasteiger partial charge < -0.3 is 19.9 Å². The summed E-state index contributed by atoms with van der Waals surface area (Å²) >= 11 is 0. The highest BCUT2D eigenvalue weighted by Gasteiger charge is 2.30. The number of likely N-dealkylation sites (tertiary alicyclic amines) is 1. The predicted molar refractivity (Wildman–Crippen MR) is 120 cm³/mol. The van der Waals surface area contributed by atoms with Crippen LogP contribution in [0.2, 0.25) is 0 Å². The van der Waals surface area contributed by atoms with Gasteiger partial charge in [0, 0.05) is 59.5 Å². The highest BCUT2D eigenvalue weighted by atomic mass is 16.5. The molecule has 1 N–H and O–H groups in total. The van der Waals surface area contributed by atoms with Gasteiger partial charge in [-0.1, -0.05) is 24.3 Å². The summed E-state index contributed by atoms with van der Waals surface area (Å²) in [5.41, 5.74) is 2.42. The Kier molecular flexibility index (Phi) is 8.51. The van der Waals surface area contributed by atoms with Crippen molar-refractivity contribution >= 4 is 11.9 Å². The molecule has 0 spiro atoms. The molecule has 30 heavy (non-hydrogen) atoms. The first kappa shape index (κ1) is 22.6. The van der Waals surface area contributed by atoms with Crippen LogP contribution in [0.4, 0.5) is 0 Å². The molecule has 7 nitrogen and oxygen atoms in total. The molecule has 1 amide bonds. The van der Waals surface area contributed by atoms with E-state index in [9.17, 15) is 4.79 Å². The molecular weight excluding hydrogens is 378 g/mol. The van der Waals surface area contributed by atoms with Crippen LogP contribution in [-0.2, 0) is 22.7 Å². The largest absolute Gasteiger partial charge is 0.377 e. The van der Waals surface area contributed by atoms with Gasteiger partial charge in [-0.2, -0.15) is 0 Å². The number of nitrogens with zero attached hydrogens (tertiary/aromatic N) is 4. The van der Waals surface area contributed by atoms with Gasteiger partial charge in [0.15, 0.2) is 5.96 Å². The Morgan fingerprint density at radius 2 is 1.67 bits per heavy atom. The van der Waals surface area contributed by atoms with Crippen LogP contribution in [0.25, 0.3) is 0 Å². The summed E-state index contributed by atoms with van der Waals surface area (Å²) in [5.74, 6) is 1.21. The number of hydrogen-bond donors (Lipinski definition) is 1. The van der Waals surface area contributed by atoms with Gasteiger partial charge in [0.1, 0.15) is 0 Å². The average molecular weight is 416 g/mol. The molecule has 2 heterocycles. The number of nitrogens with one attached hydrogen (secondary N) is 1. The summed E-state index contributed by atoms with van der Waals surface area (Å²) in [6.45, 7) is 11.6. The van der Waals surface area contributed by atoms with Crippen molar-refractivity contribution in [3.05, 3.63) is 35.4 Å². The SMILES string of the molecule is CCOCc1ccc(CNC(=NC)N2CCN(C(C)C(=O)N3CCCC3)CC2)cc1. The number of rotatable bonds is 7. The molecule has 1 atom stereocenters. The lowest BCUT2D eigenvalue weighted by Crippen LogP contribution is -2.57. The lowest BCUT2D eigenvalue weighted by molar-refractivity contribution is -0.135. The molecule has 0 bridgehead atoms. The first-order valence-electron chi connectivity index (χ1n) is 11.3. The lowest BCUT2D eigenvalue weighted by atomic mass is 10.1. The topological polar surface area (TPSA) is 60.4 Å². The second-order valence-corrected chi connectivity index (χ2v) is 8.09.